The summed E-state index contributed by atoms with van der Waals surface area (Å²) in [5.74, 6) is -2.03. The zero-order valence-corrected chi connectivity index (χ0v) is 16.9. The van der Waals surface area contributed by atoms with Crippen LogP contribution in [0.2, 0.25) is 0 Å². The van der Waals surface area contributed by atoms with E-state index in [1.54, 1.807) is 36.4 Å². The third kappa shape index (κ3) is 4.46. The Balaban J connectivity index is 1.34. The molecular weight excluding hydrogens is 413 g/mol. The summed E-state index contributed by atoms with van der Waals surface area (Å²) in [5.41, 5.74) is 2.26. The fraction of sp³-hybridized carbons (Fsp3) is 0.120. The van der Waals surface area contributed by atoms with Gasteiger partial charge in [-0.05, 0) is 42.3 Å². The van der Waals surface area contributed by atoms with Crippen LogP contribution in [0.4, 0.5) is 10.1 Å². The number of ether oxygens (including phenoxy) is 1. The van der Waals surface area contributed by atoms with Gasteiger partial charge in [-0.1, -0.05) is 36.4 Å². The van der Waals surface area contributed by atoms with Crippen molar-refractivity contribution >= 4 is 29.1 Å². The van der Waals surface area contributed by atoms with Crippen molar-refractivity contribution in [3.8, 4) is 0 Å². The van der Waals surface area contributed by atoms with Gasteiger partial charge in [0.25, 0.3) is 5.91 Å². The summed E-state index contributed by atoms with van der Waals surface area (Å²) in [6.07, 6.45) is 0.414. The molecule has 160 valence electrons. The molecule has 7 heteroatoms. The molecule has 0 saturated heterocycles. The van der Waals surface area contributed by atoms with Crippen molar-refractivity contribution in [2.24, 2.45) is 0 Å². The van der Waals surface area contributed by atoms with Gasteiger partial charge >= 0.3 is 5.97 Å². The number of halogens is 1. The van der Waals surface area contributed by atoms with E-state index < -0.39 is 18.5 Å². The maximum Gasteiger partial charge on any atom is 0.306 e. The fourth-order valence-electron chi connectivity index (χ4n) is 3.49. The first-order valence-corrected chi connectivity index (χ1v) is 9.95. The second-order valence-electron chi connectivity index (χ2n) is 7.30. The van der Waals surface area contributed by atoms with E-state index in [9.17, 15) is 23.6 Å². The molecule has 0 aromatic heterocycles. The van der Waals surface area contributed by atoms with Gasteiger partial charge in [-0.25, -0.2) is 4.39 Å². The van der Waals surface area contributed by atoms with Crippen LogP contribution < -0.4 is 5.32 Å². The Morgan fingerprint density at radius 3 is 2.12 bits per heavy atom. The summed E-state index contributed by atoms with van der Waals surface area (Å²) in [6, 6.07) is 16.8. The van der Waals surface area contributed by atoms with E-state index in [4.69, 9.17) is 4.74 Å². The average molecular weight is 431 g/mol. The van der Waals surface area contributed by atoms with Gasteiger partial charge in [0, 0.05) is 34.4 Å². The van der Waals surface area contributed by atoms with Crippen LogP contribution >= 0.6 is 0 Å². The third-order valence-electron chi connectivity index (χ3n) is 5.10. The molecule has 0 fully saturated rings. The number of benzene rings is 3. The number of ketones is 2. The van der Waals surface area contributed by atoms with E-state index in [1.165, 1.54) is 30.3 Å². The van der Waals surface area contributed by atoms with Gasteiger partial charge in [0.1, 0.15) is 5.82 Å². The van der Waals surface area contributed by atoms with Crippen molar-refractivity contribution in [3.63, 3.8) is 0 Å². The molecule has 3 aromatic carbocycles. The van der Waals surface area contributed by atoms with Crippen LogP contribution in [0, 0.1) is 5.82 Å². The normalized spacial score (nSPS) is 12.0. The lowest BCUT2D eigenvalue weighted by atomic mass is 9.84. The summed E-state index contributed by atoms with van der Waals surface area (Å²) in [7, 11) is 0. The molecule has 3 aromatic rings. The van der Waals surface area contributed by atoms with Crippen molar-refractivity contribution in [3.05, 3.63) is 100 Å². The molecule has 1 aliphatic rings. The van der Waals surface area contributed by atoms with E-state index in [2.05, 4.69) is 5.32 Å². The van der Waals surface area contributed by atoms with Crippen LogP contribution in [0.1, 0.15) is 43.8 Å². The Bertz CT molecular complexity index is 1230. The standard InChI is InChI=1S/C25H18FNO5/c26-16-8-5-15(6-9-16)7-12-23(29)32-14-22(28)27-17-10-11-20-21(13-17)25(31)19-4-2-1-3-18(19)24(20)30/h1-6,8-11,13H,7,12,14H2,(H,27,28). The molecule has 0 bridgehead atoms. The number of anilines is 1. The lowest BCUT2D eigenvalue weighted by molar-refractivity contribution is -0.147. The number of amides is 1. The molecule has 1 aliphatic carbocycles. The van der Waals surface area contributed by atoms with Crippen molar-refractivity contribution < 1.29 is 28.3 Å². The largest absolute Gasteiger partial charge is 0.456 e. The highest BCUT2D eigenvalue weighted by atomic mass is 19.1. The number of rotatable bonds is 6. The molecule has 0 saturated carbocycles. The Kier molecular flexibility index (Phi) is 5.89. The lowest BCUT2D eigenvalue weighted by Gasteiger charge is -2.18. The highest BCUT2D eigenvalue weighted by Crippen LogP contribution is 2.29. The Hall–Kier alpha value is -4.13. The first kappa shape index (κ1) is 21.1. The van der Waals surface area contributed by atoms with Crippen molar-refractivity contribution in [2.75, 3.05) is 11.9 Å². The molecule has 0 aliphatic heterocycles. The Labute approximate surface area is 183 Å². The number of carbonyl (C=O) groups is 4. The first-order chi connectivity index (χ1) is 15.4. The molecule has 0 heterocycles. The van der Waals surface area contributed by atoms with E-state index in [0.29, 0.717) is 23.2 Å². The summed E-state index contributed by atoms with van der Waals surface area (Å²) in [4.78, 5) is 49.4. The molecule has 0 atom stereocenters. The molecule has 4 rings (SSSR count). The third-order valence-corrected chi connectivity index (χ3v) is 5.10. The number of fused-ring (bicyclic) bond motifs is 2. The minimum Gasteiger partial charge on any atom is -0.456 e. The van der Waals surface area contributed by atoms with E-state index in [1.807, 2.05) is 0 Å². The van der Waals surface area contributed by atoms with Gasteiger partial charge in [-0.15, -0.1) is 0 Å². The van der Waals surface area contributed by atoms with Gasteiger partial charge in [0.15, 0.2) is 18.2 Å². The molecule has 1 N–H and O–H groups in total. The van der Waals surface area contributed by atoms with Gasteiger partial charge < -0.3 is 10.1 Å². The maximum atomic E-state index is 12.9. The zero-order valence-electron chi connectivity index (χ0n) is 16.9. The van der Waals surface area contributed by atoms with Crippen LogP contribution in [0.3, 0.4) is 0 Å². The Morgan fingerprint density at radius 2 is 1.44 bits per heavy atom. The highest BCUT2D eigenvalue weighted by molar-refractivity contribution is 6.28. The minimum atomic E-state index is -0.574. The van der Waals surface area contributed by atoms with E-state index >= 15 is 0 Å². The van der Waals surface area contributed by atoms with Crippen molar-refractivity contribution in [1.82, 2.24) is 0 Å². The highest BCUT2D eigenvalue weighted by Gasteiger charge is 2.29. The SMILES string of the molecule is O=C(COC(=O)CCc1ccc(F)cc1)Nc1ccc2c(c1)C(=O)c1ccccc1C2=O. The quantitative estimate of drug-likeness (QED) is 0.470. The van der Waals surface area contributed by atoms with Crippen molar-refractivity contribution in [1.29, 1.82) is 0 Å². The molecular formula is C25H18FNO5. The zero-order chi connectivity index (χ0) is 22.7. The number of aryl methyl sites for hydroxylation is 1. The van der Waals surface area contributed by atoms with Gasteiger partial charge in [0.05, 0.1) is 0 Å². The number of hydrogen-bond acceptors (Lipinski definition) is 5. The lowest BCUT2D eigenvalue weighted by Crippen LogP contribution is -2.23. The van der Waals surface area contributed by atoms with Gasteiger partial charge in [-0.3, -0.25) is 19.2 Å². The minimum absolute atomic E-state index is 0.0494. The van der Waals surface area contributed by atoms with E-state index in [-0.39, 0.29) is 34.9 Å². The van der Waals surface area contributed by atoms with Crippen LogP contribution in [0.15, 0.2) is 66.7 Å². The number of carbonyl (C=O) groups excluding carboxylic acids is 4. The van der Waals surface area contributed by atoms with Crippen molar-refractivity contribution in [2.45, 2.75) is 12.8 Å². The van der Waals surface area contributed by atoms with Crippen LogP contribution in [-0.2, 0) is 20.7 Å². The monoisotopic (exact) mass is 431 g/mol. The smallest absolute Gasteiger partial charge is 0.306 e. The maximum absolute atomic E-state index is 12.9. The first-order valence-electron chi connectivity index (χ1n) is 9.95. The van der Waals surface area contributed by atoms with Crippen LogP contribution in [0.5, 0.6) is 0 Å². The molecule has 0 unspecified atom stereocenters. The summed E-state index contributed by atoms with van der Waals surface area (Å²) in [6.45, 7) is -0.491. The molecule has 1 amide bonds. The topological polar surface area (TPSA) is 89.5 Å². The van der Waals surface area contributed by atoms with Gasteiger partial charge in [0.2, 0.25) is 0 Å². The fourth-order valence-corrected chi connectivity index (χ4v) is 3.49. The number of esters is 1. The second-order valence-corrected chi connectivity index (χ2v) is 7.30. The van der Waals surface area contributed by atoms with Crippen LogP contribution in [0.25, 0.3) is 0 Å². The predicted octanol–water partition coefficient (Wildman–Crippen LogP) is 3.72. The molecule has 32 heavy (non-hydrogen) atoms. The number of nitrogens with one attached hydrogen (secondary N) is 1. The summed E-state index contributed by atoms with van der Waals surface area (Å²) >= 11 is 0. The predicted molar refractivity (Wildman–Crippen MR) is 114 cm³/mol. The van der Waals surface area contributed by atoms with Crippen LogP contribution in [-0.4, -0.2) is 30.0 Å². The molecule has 6 nitrogen and oxygen atoms in total. The molecule has 0 spiro atoms. The summed E-state index contributed by atoms with van der Waals surface area (Å²) < 4.78 is 17.9. The van der Waals surface area contributed by atoms with Gasteiger partial charge in [-0.2, -0.15) is 0 Å². The summed E-state index contributed by atoms with van der Waals surface area (Å²) in [5, 5.41) is 2.57. The number of hydrogen-bond donors (Lipinski definition) is 1. The Morgan fingerprint density at radius 1 is 0.812 bits per heavy atom. The molecule has 0 radical (unpaired) electrons. The van der Waals surface area contributed by atoms with E-state index in [0.717, 1.165) is 5.56 Å². The average Bonchev–Trinajstić information content (AvgIpc) is 2.81. The second kappa shape index (κ2) is 8.93.